The summed E-state index contributed by atoms with van der Waals surface area (Å²) in [5.41, 5.74) is 2.24. The lowest BCUT2D eigenvalue weighted by Gasteiger charge is -2.19. The van der Waals surface area contributed by atoms with E-state index in [1.54, 1.807) is 23.6 Å². The molecule has 2 aromatic rings. The van der Waals surface area contributed by atoms with Crippen molar-refractivity contribution in [2.24, 2.45) is 5.92 Å². The van der Waals surface area contributed by atoms with Gasteiger partial charge in [-0.1, -0.05) is 13.8 Å². The number of aromatic nitrogens is 2. The lowest BCUT2D eigenvalue weighted by molar-refractivity contribution is 0.0892. The van der Waals surface area contributed by atoms with Crippen LogP contribution >= 0.6 is 11.3 Å². The van der Waals surface area contributed by atoms with Crippen LogP contribution < -0.4 is 5.32 Å². The molecule has 0 aliphatic rings. The van der Waals surface area contributed by atoms with Crippen LogP contribution in [0.4, 0.5) is 0 Å². The molecule has 1 atom stereocenters. The van der Waals surface area contributed by atoms with Crippen molar-refractivity contribution in [3.63, 3.8) is 0 Å². The minimum absolute atomic E-state index is 0.0672. The molecule has 2 aromatic heterocycles. The molecule has 20 heavy (non-hydrogen) atoms. The Morgan fingerprint density at radius 2 is 2.30 bits per heavy atom. The molecule has 0 saturated heterocycles. The molecule has 0 aliphatic heterocycles. The average molecular weight is 293 g/mol. The largest absolute Gasteiger partial charge is 0.394 e. The van der Waals surface area contributed by atoms with Crippen molar-refractivity contribution in [3.8, 4) is 11.3 Å². The highest BCUT2D eigenvalue weighted by Crippen LogP contribution is 2.22. The number of nitrogens with one attached hydrogen (secondary N) is 2. The number of amides is 1. The Hall–Kier alpha value is -1.66. The Bertz CT molecular complexity index is 589. The van der Waals surface area contributed by atoms with Gasteiger partial charge in [-0.3, -0.25) is 4.79 Å². The molecule has 2 rings (SSSR count). The van der Waals surface area contributed by atoms with Gasteiger partial charge in [0.25, 0.3) is 5.91 Å². The molecular formula is C14H19N3O2S. The first-order chi connectivity index (χ1) is 9.51. The maximum atomic E-state index is 12.1. The van der Waals surface area contributed by atoms with Crippen LogP contribution in [-0.2, 0) is 0 Å². The van der Waals surface area contributed by atoms with Crippen LogP contribution in [0, 0.1) is 12.8 Å². The fourth-order valence-corrected chi connectivity index (χ4v) is 2.46. The molecule has 0 bridgehead atoms. The van der Waals surface area contributed by atoms with E-state index in [2.05, 4.69) is 15.3 Å². The zero-order valence-electron chi connectivity index (χ0n) is 11.8. The van der Waals surface area contributed by atoms with Gasteiger partial charge in [0, 0.05) is 17.1 Å². The van der Waals surface area contributed by atoms with Crippen molar-refractivity contribution in [2.45, 2.75) is 26.8 Å². The summed E-state index contributed by atoms with van der Waals surface area (Å²) in [4.78, 5) is 19.4. The second kappa shape index (κ2) is 6.19. The van der Waals surface area contributed by atoms with Gasteiger partial charge < -0.3 is 15.4 Å². The van der Waals surface area contributed by atoms with Crippen LogP contribution in [0.3, 0.4) is 0 Å². The summed E-state index contributed by atoms with van der Waals surface area (Å²) in [6, 6.07) is 1.54. The van der Waals surface area contributed by atoms with Crippen molar-refractivity contribution in [3.05, 3.63) is 28.3 Å². The first-order valence-electron chi connectivity index (χ1n) is 6.54. The van der Waals surface area contributed by atoms with E-state index in [0.717, 1.165) is 16.3 Å². The summed E-state index contributed by atoms with van der Waals surface area (Å²) in [6.45, 7) is 5.80. The van der Waals surface area contributed by atoms with Crippen LogP contribution in [0.2, 0.25) is 0 Å². The van der Waals surface area contributed by atoms with Crippen molar-refractivity contribution < 1.29 is 9.90 Å². The third kappa shape index (κ3) is 3.26. The normalized spacial score (nSPS) is 12.7. The number of hydrogen-bond acceptors (Lipinski definition) is 4. The van der Waals surface area contributed by atoms with Gasteiger partial charge in [-0.15, -0.1) is 11.3 Å². The van der Waals surface area contributed by atoms with Crippen molar-refractivity contribution in [1.29, 1.82) is 0 Å². The van der Waals surface area contributed by atoms with E-state index >= 15 is 0 Å². The fraction of sp³-hybridized carbons (Fsp3) is 0.429. The second-order valence-corrected chi connectivity index (χ2v) is 6.12. The van der Waals surface area contributed by atoms with Crippen molar-refractivity contribution in [1.82, 2.24) is 15.3 Å². The van der Waals surface area contributed by atoms with Crippen molar-refractivity contribution in [2.75, 3.05) is 6.61 Å². The Morgan fingerprint density at radius 3 is 2.85 bits per heavy atom. The molecule has 5 nitrogen and oxygen atoms in total. The number of thiazole rings is 1. The van der Waals surface area contributed by atoms with Gasteiger partial charge in [-0.25, -0.2) is 4.98 Å². The van der Waals surface area contributed by atoms with E-state index in [1.165, 1.54) is 0 Å². The minimum atomic E-state index is -0.240. The van der Waals surface area contributed by atoms with Crippen LogP contribution in [0.25, 0.3) is 11.3 Å². The molecular weight excluding hydrogens is 274 g/mol. The van der Waals surface area contributed by atoms with Gasteiger partial charge in [0.15, 0.2) is 0 Å². The summed E-state index contributed by atoms with van der Waals surface area (Å²) in [5.74, 6) is -0.0319. The van der Waals surface area contributed by atoms with E-state index in [9.17, 15) is 9.90 Å². The molecule has 6 heteroatoms. The number of aryl methyl sites for hydroxylation is 1. The number of aromatic amines is 1. The van der Waals surface area contributed by atoms with E-state index in [4.69, 9.17) is 0 Å². The van der Waals surface area contributed by atoms with E-state index < -0.39 is 0 Å². The molecule has 1 amide bonds. The molecule has 0 fully saturated rings. The van der Waals surface area contributed by atoms with Gasteiger partial charge in [-0.2, -0.15) is 0 Å². The number of aliphatic hydroxyl groups excluding tert-OH is 1. The van der Waals surface area contributed by atoms with Crippen molar-refractivity contribution >= 4 is 17.2 Å². The maximum Gasteiger partial charge on any atom is 0.268 e. The monoisotopic (exact) mass is 293 g/mol. The first kappa shape index (κ1) is 14.7. The van der Waals surface area contributed by atoms with Gasteiger partial charge in [0.1, 0.15) is 5.69 Å². The third-order valence-corrected chi connectivity index (χ3v) is 3.93. The predicted molar refractivity (Wildman–Crippen MR) is 79.8 cm³/mol. The summed E-state index contributed by atoms with van der Waals surface area (Å²) in [6.07, 6.45) is 1.77. The number of H-pyrrole nitrogens is 1. The molecule has 0 aliphatic carbocycles. The fourth-order valence-electron chi connectivity index (χ4n) is 1.84. The standard InChI is InChI=1S/C14H19N3O2S/c1-8(2)12(6-18)17-14(19)11-4-10(5-15-11)13-7-20-9(3)16-13/h4-5,7-8,12,15,18H,6H2,1-3H3,(H,17,19)/t12-/m1/s1. The number of rotatable bonds is 5. The lowest BCUT2D eigenvalue weighted by atomic mass is 10.1. The zero-order chi connectivity index (χ0) is 14.7. The molecule has 0 radical (unpaired) electrons. The SMILES string of the molecule is Cc1nc(-c2c[nH]c(C(=O)N[C@H](CO)C(C)C)c2)cs1. The highest BCUT2D eigenvalue weighted by Gasteiger charge is 2.17. The summed E-state index contributed by atoms with van der Waals surface area (Å²) >= 11 is 1.58. The molecule has 3 N–H and O–H groups in total. The smallest absolute Gasteiger partial charge is 0.268 e. The number of hydrogen-bond donors (Lipinski definition) is 3. The number of aliphatic hydroxyl groups is 1. The Labute approximate surface area is 122 Å². The van der Waals surface area contributed by atoms with Gasteiger partial charge in [-0.05, 0) is 18.9 Å². The quantitative estimate of drug-likeness (QED) is 0.790. The summed E-state index contributed by atoms with van der Waals surface area (Å²) in [7, 11) is 0. The van der Waals surface area contributed by atoms with Crippen LogP contribution in [0.15, 0.2) is 17.6 Å². The second-order valence-electron chi connectivity index (χ2n) is 5.06. The summed E-state index contributed by atoms with van der Waals surface area (Å²) in [5, 5.41) is 15.0. The van der Waals surface area contributed by atoms with Crippen LogP contribution in [-0.4, -0.2) is 33.6 Å². The zero-order valence-corrected chi connectivity index (χ0v) is 12.6. The van der Waals surface area contributed by atoms with Gasteiger partial charge in [0.05, 0.1) is 23.4 Å². The number of nitrogens with zero attached hydrogens (tertiary/aromatic N) is 1. The Balaban J connectivity index is 2.10. The Morgan fingerprint density at radius 1 is 1.55 bits per heavy atom. The first-order valence-corrected chi connectivity index (χ1v) is 7.42. The molecule has 0 saturated carbocycles. The predicted octanol–water partition coefficient (Wildman–Crippen LogP) is 2.19. The van der Waals surface area contributed by atoms with Crippen LogP contribution in [0.1, 0.15) is 29.3 Å². The third-order valence-electron chi connectivity index (χ3n) is 3.16. The maximum absolute atomic E-state index is 12.1. The minimum Gasteiger partial charge on any atom is -0.394 e. The van der Waals surface area contributed by atoms with Gasteiger partial charge in [0.2, 0.25) is 0 Å². The highest BCUT2D eigenvalue weighted by atomic mass is 32.1. The molecule has 0 unspecified atom stereocenters. The molecule has 0 aromatic carbocycles. The molecule has 2 heterocycles. The summed E-state index contributed by atoms with van der Waals surface area (Å²) < 4.78 is 0. The lowest BCUT2D eigenvalue weighted by Crippen LogP contribution is -2.41. The number of carbonyl (C=O) groups is 1. The average Bonchev–Trinajstić information content (AvgIpc) is 3.03. The number of carbonyl (C=O) groups excluding carboxylic acids is 1. The Kier molecular flexibility index (Phi) is 4.57. The molecule has 108 valence electrons. The highest BCUT2D eigenvalue weighted by molar-refractivity contribution is 7.09. The van der Waals surface area contributed by atoms with E-state index in [-0.39, 0.29) is 24.5 Å². The van der Waals surface area contributed by atoms with E-state index in [0.29, 0.717) is 5.69 Å². The van der Waals surface area contributed by atoms with E-state index in [1.807, 2.05) is 26.2 Å². The van der Waals surface area contributed by atoms with Crippen LogP contribution in [0.5, 0.6) is 0 Å². The molecule has 0 spiro atoms. The van der Waals surface area contributed by atoms with Gasteiger partial charge >= 0.3 is 0 Å². The topological polar surface area (TPSA) is 78.0 Å².